The van der Waals surface area contributed by atoms with E-state index in [-0.39, 0.29) is 24.4 Å². The van der Waals surface area contributed by atoms with Gasteiger partial charge in [-0.2, -0.15) is 0 Å². The lowest BCUT2D eigenvalue weighted by molar-refractivity contribution is -0.156. The topological polar surface area (TPSA) is 66.9 Å². The molecule has 0 aromatic heterocycles. The summed E-state index contributed by atoms with van der Waals surface area (Å²) < 4.78 is 5.51. The predicted octanol–water partition coefficient (Wildman–Crippen LogP) is 3.14. The zero-order chi connectivity index (χ0) is 19.9. The van der Waals surface area contributed by atoms with Crippen molar-refractivity contribution in [3.8, 4) is 0 Å². The third kappa shape index (κ3) is 5.69. The second kappa shape index (κ2) is 10.1. The quantitative estimate of drug-likeness (QED) is 0.517. The molecule has 2 fully saturated rings. The van der Waals surface area contributed by atoms with Crippen LogP contribution < -0.4 is 0 Å². The normalized spacial score (nSPS) is 20.9. The largest absolute Gasteiger partial charge is 0.463 e. The lowest BCUT2D eigenvalue weighted by atomic mass is 9.81. The number of nitrogens with zero attached hydrogens (tertiary/aromatic N) is 2. The van der Waals surface area contributed by atoms with Crippen molar-refractivity contribution in [1.82, 2.24) is 9.80 Å². The Balaban J connectivity index is 1.76. The Kier molecular flexibility index (Phi) is 8.11. The van der Waals surface area contributed by atoms with Crippen LogP contribution in [0.2, 0.25) is 0 Å². The first-order valence-corrected chi connectivity index (χ1v) is 10.7. The summed E-state index contributed by atoms with van der Waals surface area (Å²) in [6.45, 7) is 8.54. The van der Waals surface area contributed by atoms with Gasteiger partial charge in [-0.15, -0.1) is 0 Å². The molecule has 2 aliphatic heterocycles. The summed E-state index contributed by atoms with van der Waals surface area (Å²) in [5.74, 6) is 0.268. The fourth-order valence-electron chi connectivity index (χ4n) is 4.15. The highest BCUT2D eigenvalue weighted by Gasteiger charge is 2.34. The average Bonchev–Trinajstić information content (AvgIpc) is 3.27. The number of hydrogen-bond acceptors (Lipinski definition) is 4. The molecular formula is C21H36N2O4. The minimum absolute atomic E-state index is 0.159. The van der Waals surface area contributed by atoms with Crippen molar-refractivity contribution in [1.29, 1.82) is 0 Å². The first-order valence-electron chi connectivity index (χ1n) is 10.7. The van der Waals surface area contributed by atoms with Crippen molar-refractivity contribution < 1.29 is 19.1 Å². The molecule has 2 amide bonds. The monoisotopic (exact) mass is 380 g/mol. The second-order valence-electron chi connectivity index (χ2n) is 8.18. The molecule has 2 unspecified atom stereocenters. The lowest BCUT2D eigenvalue weighted by Gasteiger charge is -2.30. The van der Waals surface area contributed by atoms with Gasteiger partial charge in [0.1, 0.15) is 6.61 Å². The number of ether oxygens (including phenoxy) is 1. The van der Waals surface area contributed by atoms with Crippen molar-refractivity contribution in [2.45, 2.75) is 84.6 Å². The number of rotatable bonds is 11. The van der Waals surface area contributed by atoms with Gasteiger partial charge in [-0.3, -0.25) is 14.4 Å². The van der Waals surface area contributed by atoms with Crippen molar-refractivity contribution in [2.75, 3.05) is 26.2 Å². The summed E-state index contributed by atoms with van der Waals surface area (Å²) in [5.41, 5.74) is -0.498. The molecule has 0 aromatic carbocycles. The standard InChI is InChI=1S/C21H36N2O4/c1-4-17(23-14-8-11-19(23)25)9-6-12-21(3,5-2)20(26)27-16-15-22-13-7-10-18(22)24/h17H,4-16H2,1-3H3. The number of hydrogen-bond donors (Lipinski definition) is 0. The Morgan fingerprint density at radius 2 is 1.85 bits per heavy atom. The lowest BCUT2D eigenvalue weighted by Crippen LogP contribution is -2.36. The third-order valence-corrected chi connectivity index (χ3v) is 6.33. The fourth-order valence-corrected chi connectivity index (χ4v) is 4.15. The van der Waals surface area contributed by atoms with E-state index in [2.05, 4.69) is 6.92 Å². The summed E-state index contributed by atoms with van der Waals surface area (Å²) in [4.78, 5) is 40.0. The highest BCUT2D eigenvalue weighted by molar-refractivity contribution is 5.79. The molecule has 27 heavy (non-hydrogen) atoms. The molecular weight excluding hydrogens is 344 g/mol. The number of carbonyl (C=O) groups is 3. The molecule has 0 bridgehead atoms. The predicted molar refractivity (Wildman–Crippen MR) is 104 cm³/mol. The van der Waals surface area contributed by atoms with E-state index in [1.165, 1.54) is 0 Å². The molecule has 2 saturated heterocycles. The summed E-state index contributed by atoms with van der Waals surface area (Å²) in [6, 6.07) is 0.290. The van der Waals surface area contributed by atoms with E-state index in [1.54, 1.807) is 4.90 Å². The van der Waals surface area contributed by atoms with Crippen molar-refractivity contribution in [2.24, 2.45) is 5.41 Å². The van der Waals surface area contributed by atoms with E-state index in [0.717, 1.165) is 58.0 Å². The van der Waals surface area contributed by atoms with Crippen LogP contribution in [0.4, 0.5) is 0 Å². The molecule has 0 spiro atoms. The maximum absolute atomic E-state index is 12.6. The van der Waals surface area contributed by atoms with Crippen molar-refractivity contribution in [3.05, 3.63) is 0 Å². The number of likely N-dealkylation sites (tertiary alicyclic amines) is 2. The maximum Gasteiger partial charge on any atom is 0.311 e. The van der Waals surface area contributed by atoms with Crippen LogP contribution in [-0.4, -0.2) is 59.9 Å². The van der Waals surface area contributed by atoms with E-state index in [4.69, 9.17) is 4.74 Å². The van der Waals surface area contributed by atoms with Crippen LogP contribution in [0.3, 0.4) is 0 Å². The molecule has 0 radical (unpaired) electrons. The van der Waals surface area contributed by atoms with Gasteiger partial charge in [0.2, 0.25) is 11.8 Å². The van der Waals surface area contributed by atoms with Crippen LogP contribution in [0.25, 0.3) is 0 Å². The Hall–Kier alpha value is -1.59. The summed E-state index contributed by atoms with van der Waals surface area (Å²) in [7, 11) is 0. The van der Waals surface area contributed by atoms with Gasteiger partial charge < -0.3 is 14.5 Å². The Morgan fingerprint density at radius 3 is 2.41 bits per heavy atom. The van der Waals surface area contributed by atoms with E-state index in [9.17, 15) is 14.4 Å². The minimum atomic E-state index is -0.498. The number of amides is 2. The molecule has 2 rings (SSSR count). The molecule has 0 aromatic rings. The minimum Gasteiger partial charge on any atom is -0.463 e. The van der Waals surface area contributed by atoms with Crippen LogP contribution in [0.15, 0.2) is 0 Å². The van der Waals surface area contributed by atoms with Crippen molar-refractivity contribution >= 4 is 17.8 Å². The van der Waals surface area contributed by atoms with Gasteiger partial charge in [-0.05, 0) is 45.4 Å². The molecule has 6 nitrogen and oxygen atoms in total. The third-order valence-electron chi connectivity index (χ3n) is 6.33. The van der Waals surface area contributed by atoms with E-state index >= 15 is 0 Å². The van der Waals surface area contributed by atoms with Gasteiger partial charge in [-0.25, -0.2) is 0 Å². The first kappa shape index (κ1) is 21.7. The van der Waals surface area contributed by atoms with Crippen LogP contribution >= 0.6 is 0 Å². The van der Waals surface area contributed by atoms with Crippen LogP contribution in [-0.2, 0) is 19.1 Å². The van der Waals surface area contributed by atoms with E-state index in [0.29, 0.717) is 25.4 Å². The summed E-state index contributed by atoms with van der Waals surface area (Å²) >= 11 is 0. The highest BCUT2D eigenvalue weighted by Crippen LogP contribution is 2.31. The molecule has 154 valence electrons. The van der Waals surface area contributed by atoms with Gasteiger partial charge in [0, 0.05) is 32.0 Å². The SMILES string of the molecule is CCC(CCCC(C)(CC)C(=O)OCCN1CCCC1=O)N1CCCC1=O. The second-order valence-corrected chi connectivity index (χ2v) is 8.18. The first-order chi connectivity index (χ1) is 12.9. The molecule has 2 aliphatic rings. The molecule has 2 heterocycles. The molecule has 0 saturated carbocycles. The average molecular weight is 381 g/mol. The van der Waals surface area contributed by atoms with Crippen LogP contribution in [0.5, 0.6) is 0 Å². The fraction of sp³-hybridized carbons (Fsp3) is 0.857. The Labute approximate surface area is 163 Å². The number of carbonyl (C=O) groups excluding carboxylic acids is 3. The maximum atomic E-state index is 12.6. The smallest absolute Gasteiger partial charge is 0.311 e. The Bertz CT molecular complexity index is 536. The van der Waals surface area contributed by atoms with Gasteiger partial charge >= 0.3 is 5.97 Å². The highest BCUT2D eigenvalue weighted by atomic mass is 16.5. The van der Waals surface area contributed by atoms with E-state index < -0.39 is 5.41 Å². The van der Waals surface area contributed by atoms with Gasteiger partial charge in [-0.1, -0.05) is 20.3 Å². The van der Waals surface area contributed by atoms with E-state index in [1.807, 2.05) is 18.7 Å². The number of esters is 1. The van der Waals surface area contributed by atoms with Crippen molar-refractivity contribution in [3.63, 3.8) is 0 Å². The van der Waals surface area contributed by atoms with Crippen LogP contribution in [0, 0.1) is 5.41 Å². The summed E-state index contributed by atoms with van der Waals surface area (Å²) in [5, 5.41) is 0. The van der Waals surface area contributed by atoms with Crippen LogP contribution in [0.1, 0.15) is 78.6 Å². The zero-order valence-electron chi connectivity index (χ0n) is 17.3. The van der Waals surface area contributed by atoms with Gasteiger partial charge in [0.25, 0.3) is 0 Å². The Morgan fingerprint density at radius 1 is 1.15 bits per heavy atom. The van der Waals surface area contributed by atoms with Gasteiger partial charge in [0.15, 0.2) is 0 Å². The molecule has 6 heteroatoms. The summed E-state index contributed by atoms with van der Waals surface area (Å²) in [6.07, 6.45) is 7.46. The van der Waals surface area contributed by atoms with Gasteiger partial charge in [0.05, 0.1) is 12.0 Å². The molecule has 0 N–H and O–H groups in total. The zero-order valence-corrected chi connectivity index (χ0v) is 17.3. The molecule has 2 atom stereocenters. The molecule has 0 aliphatic carbocycles.